The van der Waals surface area contributed by atoms with Crippen molar-refractivity contribution in [3.05, 3.63) is 65.4 Å². The lowest BCUT2D eigenvalue weighted by Crippen LogP contribution is -2.46. The molecule has 3 N–H and O–H groups in total. The number of fused-ring (bicyclic) bond motifs is 3. The third-order valence-electron chi connectivity index (χ3n) is 6.09. The Kier molecular flexibility index (Phi) is 5.25. The predicted molar refractivity (Wildman–Crippen MR) is 115 cm³/mol. The van der Waals surface area contributed by atoms with Gasteiger partial charge in [0.2, 0.25) is 11.5 Å². The van der Waals surface area contributed by atoms with Crippen LogP contribution in [0, 0.1) is 5.92 Å². The highest BCUT2D eigenvalue weighted by Gasteiger charge is 2.36. The molecule has 0 aliphatic heterocycles. The van der Waals surface area contributed by atoms with E-state index in [1.807, 2.05) is 48.5 Å². The zero-order valence-electron chi connectivity index (χ0n) is 17.4. The zero-order valence-corrected chi connectivity index (χ0v) is 17.4. The number of amides is 2. The molecule has 2 aromatic carbocycles. The first-order valence-corrected chi connectivity index (χ1v) is 10.5. The molecule has 0 radical (unpaired) electrons. The van der Waals surface area contributed by atoms with Crippen LogP contribution in [0.5, 0.6) is 0 Å². The molecule has 33 heavy (non-hydrogen) atoms. The molecule has 1 saturated carbocycles. The second kappa shape index (κ2) is 8.38. The molecule has 10 nitrogen and oxygen atoms in total. The lowest BCUT2D eigenvalue weighted by molar-refractivity contribution is -0.145. The van der Waals surface area contributed by atoms with Crippen LogP contribution in [0.1, 0.15) is 40.4 Å². The van der Waals surface area contributed by atoms with Gasteiger partial charge in [-0.2, -0.15) is 0 Å². The molecule has 1 aromatic heterocycles. The van der Waals surface area contributed by atoms with E-state index in [1.54, 1.807) is 0 Å². The third-order valence-corrected chi connectivity index (χ3v) is 6.09. The number of rotatable bonds is 6. The highest BCUT2D eigenvalue weighted by molar-refractivity contribution is 5.99. The van der Waals surface area contributed by atoms with Crippen LogP contribution in [-0.2, 0) is 9.53 Å². The molecule has 0 spiro atoms. The number of carbonyl (C=O) groups is 3. The number of carbonyl (C=O) groups excluding carboxylic acids is 2. The van der Waals surface area contributed by atoms with E-state index in [9.17, 15) is 14.4 Å². The summed E-state index contributed by atoms with van der Waals surface area (Å²) in [7, 11) is 0. The average Bonchev–Trinajstić information content (AvgIpc) is 3.36. The zero-order chi connectivity index (χ0) is 22.9. The second-order valence-corrected chi connectivity index (χ2v) is 8.09. The molecule has 1 fully saturated rings. The van der Waals surface area contributed by atoms with Gasteiger partial charge in [-0.1, -0.05) is 48.5 Å². The van der Waals surface area contributed by atoms with Crippen LogP contribution >= 0.6 is 0 Å². The normalized spacial score (nSPS) is 18.5. The number of benzene rings is 2. The van der Waals surface area contributed by atoms with Crippen LogP contribution in [0.25, 0.3) is 11.1 Å². The number of aromatic nitrogens is 2. The topological polar surface area (TPSA) is 144 Å². The summed E-state index contributed by atoms with van der Waals surface area (Å²) in [6.45, 7) is 0.103. The molecule has 0 saturated heterocycles. The number of carboxylic acid groups (broad SMARTS) is 1. The molecule has 5 rings (SSSR count). The molecule has 0 bridgehead atoms. The molecule has 0 unspecified atom stereocenters. The summed E-state index contributed by atoms with van der Waals surface area (Å²) in [4.78, 5) is 35.7. The fourth-order valence-electron chi connectivity index (χ4n) is 4.34. The minimum absolute atomic E-state index is 0.103. The lowest BCUT2D eigenvalue weighted by atomic mass is 9.80. The standard InChI is InChI=1S/C23H20N4O6/c28-21(24-13-9-12(10-13)22(29)30)19-20(27-33-26-19)25-23(31)32-11-18-16-7-3-1-5-14(16)15-6-2-4-8-17(15)18/h1-8,12-13,18H,9-11H2,(H,24,28)(H,29,30)(H,25,27,31). The predicted octanol–water partition coefficient (Wildman–Crippen LogP) is 3.02. The maximum Gasteiger partial charge on any atom is 0.412 e. The van der Waals surface area contributed by atoms with Crippen LogP contribution in [0.15, 0.2) is 53.2 Å². The first kappa shape index (κ1) is 20.7. The van der Waals surface area contributed by atoms with E-state index in [4.69, 9.17) is 9.84 Å². The molecule has 2 aliphatic carbocycles. The molecule has 3 aromatic rings. The largest absolute Gasteiger partial charge is 0.481 e. The molecule has 2 aliphatic rings. The Balaban J connectivity index is 1.21. The summed E-state index contributed by atoms with van der Waals surface area (Å²) in [6.07, 6.45) is -0.126. The number of nitrogens with one attached hydrogen (secondary N) is 2. The molecule has 1 heterocycles. The van der Waals surface area contributed by atoms with E-state index >= 15 is 0 Å². The van der Waals surface area contributed by atoms with Crippen LogP contribution in [0.2, 0.25) is 0 Å². The SMILES string of the molecule is O=C(Nc1nonc1C(=O)NC1CC(C(=O)O)C1)OCC1c2ccccc2-c2ccccc21. The van der Waals surface area contributed by atoms with E-state index in [-0.39, 0.29) is 30.1 Å². The Hall–Kier alpha value is -4.21. The molecular weight excluding hydrogens is 428 g/mol. The molecule has 10 heteroatoms. The van der Waals surface area contributed by atoms with Crippen molar-refractivity contribution >= 4 is 23.8 Å². The van der Waals surface area contributed by atoms with Gasteiger partial charge < -0.3 is 15.2 Å². The number of aliphatic carboxylic acids is 1. The second-order valence-electron chi connectivity index (χ2n) is 8.09. The van der Waals surface area contributed by atoms with E-state index in [0.717, 1.165) is 22.3 Å². The van der Waals surface area contributed by atoms with Gasteiger partial charge in [-0.05, 0) is 45.4 Å². The van der Waals surface area contributed by atoms with Gasteiger partial charge in [0, 0.05) is 12.0 Å². The Morgan fingerprint density at radius 3 is 2.27 bits per heavy atom. The molecule has 2 amide bonds. The van der Waals surface area contributed by atoms with Gasteiger partial charge in [-0.25, -0.2) is 9.42 Å². The van der Waals surface area contributed by atoms with E-state index in [2.05, 4.69) is 25.6 Å². The summed E-state index contributed by atoms with van der Waals surface area (Å²) in [6, 6.07) is 15.7. The van der Waals surface area contributed by atoms with Crippen molar-refractivity contribution in [3.8, 4) is 11.1 Å². The minimum Gasteiger partial charge on any atom is -0.481 e. The van der Waals surface area contributed by atoms with E-state index in [0.29, 0.717) is 12.8 Å². The van der Waals surface area contributed by atoms with Crippen molar-refractivity contribution in [1.82, 2.24) is 15.6 Å². The fraction of sp³-hybridized carbons (Fsp3) is 0.261. The molecule has 0 atom stereocenters. The third kappa shape index (κ3) is 3.91. The summed E-state index contributed by atoms with van der Waals surface area (Å²) >= 11 is 0. The maximum absolute atomic E-state index is 12.4. The van der Waals surface area contributed by atoms with Crippen LogP contribution < -0.4 is 10.6 Å². The highest BCUT2D eigenvalue weighted by atomic mass is 16.6. The number of hydrogen-bond donors (Lipinski definition) is 3. The summed E-state index contributed by atoms with van der Waals surface area (Å²) in [5.41, 5.74) is 4.18. The Labute approximate surface area is 187 Å². The fourth-order valence-corrected chi connectivity index (χ4v) is 4.34. The van der Waals surface area contributed by atoms with Crippen molar-refractivity contribution in [1.29, 1.82) is 0 Å². The summed E-state index contributed by atoms with van der Waals surface area (Å²) in [5, 5.41) is 21.1. The van der Waals surface area contributed by atoms with Crippen LogP contribution in [0.3, 0.4) is 0 Å². The van der Waals surface area contributed by atoms with Crippen molar-refractivity contribution in [2.24, 2.45) is 5.92 Å². The van der Waals surface area contributed by atoms with Crippen molar-refractivity contribution in [2.75, 3.05) is 11.9 Å². The monoisotopic (exact) mass is 448 g/mol. The van der Waals surface area contributed by atoms with Crippen molar-refractivity contribution in [3.63, 3.8) is 0 Å². The van der Waals surface area contributed by atoms with Gasteiger partial charge in [0.25, 0.3) is 5.91 Å². The van der Waals surface area contributed by atoms with Gasteiger partial charge in [0.15, 0.2) is 0 Å². The highest BCUT2D eigenvalue weighted by Crippen LogP contribution is 2.44. The Morgan fingerprint density at radius 1 is 1.00 bits per heavy atom. The molecule has 168 valence electrons. The number of carboxylic acids is 1. The smallest absolute Gasteiger partial charge is 0.412 e. The van der Waals surface area contributed by atoms with Gasteiger partial charge >= 0.3 is 12.1 Å². The van der Waals surface area contributed by atoms with Crippen LogP contribution in [-0.4, -0.2) is 46.0 Å². The van der Waals surface area contributed by atoms with Gasteiger partial charge in [0.1, 0.15) is 6.61 Å². The first-order valence-electron chi connectivity index (χ1n) is 10.5. The van der Waals surface area contributed by atoms with Gasteiger partial charge in [0.05, 0.1) is 5.92 Å². The average molecular weight is 448 g/mol. The maximum atomic E-state index is 12.4. The number of ether oxygens (including phenoxy) is 1. The lowest BCUT2D eigenvalue weighted by Gasteiger charge is -2.32. The Bertz CT molecular complexity index is 1190. The van der Waals surface area contributed by atoms with Gasteiger partial charge in [-0.3, -0.25) is 14.9 Å². The van der Waals surface area contributed by atoms with Gasteiger partial charge in [-0.15, -0.1) is 0 Å². The van der Waals surface area contributed by atoms with Crippen molar-refractivity contribution in [2.45, 2.75) is 24.8 Å². The first-order chi connectivity index (χ1) is 16.0. The van der Waals surface area contributed by atoms with E-state index in [1.165, 1.54) is 0 Å². The number of anilines is 1. The summed E-state index contributed by atoms with van der Waals surface area (Å²) < 4.78 is 10.1. The van der Waals surface area contributed by atoms with Crippen molar-refractivity contribution < 1.29 is 28.9 Å². The van der Waals surface area contributed by atoms with E-state index < -0.39 is 23.9 Å². The minimum atomic E-state index is -0.888. The number of nitrogens with zero attached hydrogens (tertiary/aromatic N) is 2. The van der Waals surface area contributed by atoms with Crippen LogP contribution in [0.4, 0.5) is 10.6 Å². The number of hydrogen-bond acceptors (Lipinski definition) is 7. The quantitative estimate of drug-likeness (QED) is 0.522. The molecular formula is C23H20N4O6. The Morgan fingerprint density at radius 2 is 1.64 bits per heavy atom. The summed E-state index contributed by atoms with van der Waals surface area (Å²) in [5.74, 6) is -2.25.